The molecule has 6 heteroatoms. The van der Waals surface area contributed by atoms with Crippen LogP contribution in [0.15, 0.2) is 48.5 Å². The van der Waals surface area contributed by atoms with Crippen molar-refractivity contribution < 1.29 is 19.8 Å². The summed E-state index contributed by atoms with van der Waals surface area (Å²) in [7, 11) is 0. The number of nitrogens with two attached hydrogens (primary N) is 2. The van der Waals surface area contributed by atoms with E-state index in [1.54, 1.807) is 12.1 Å². The minimum Gasteiger partial charge on any atom is -0.505 e. The summed E-state index contributed by atoms with van der Waals surface area (Å²) in [6.45, 7) is 7.41. The molecule has 0 saturated carbocycles. The van der Waals surface area contributed by atoms with Crippen LogP contribution in [0, 0.1) is 13.8 Å². The van der Waals surface area contributed by atoms with Gasteiger partial charge in [-0.25, -0.2) is 0 Å². The first-order chi connectivity index (χ1) is 17.1. The van der Waals surface area contributed by atoms with Crippen LogP contribution in [0.25, 0.3) is 10.8 Å². The van der Waals surface area contributed by atoms with Gasteiger partial charge in [0.25, 0.3) is 0 Å². The van der Waals surface area contributed by atoms with Gasteiger partial charge in [-0.2, -0.15) is 0 Å². The molecule has 0 unspecified atom stereocenters. The first-order valence-electron chi connectivity index (χ1n) is 11.9. The van der Waals surface area contributed by atoms with Crippen LogP contribution >= 0.6 is 0 Å². The molecule has 4 aromatic carbocycles. The molecule has 36 heavy (non-hydrogen) atoms. The van der Waals surface area contributed by atoms with Crippen molar-refractivity contribution in [1.82, 2.24) is 0 Å². The third-order valence-electron chi connectivity index (χ3n) is 6.90. The van der Waals surface area contributed by atoms with Crippen molar-refractivity contribution in [3.05, 3.63) is 93.0 Å². The van der Waals surface area contributed by atoms with E-state index in [0.717, 1.165) is 11.1 Å². The number of hydrogen-bond donors (Lipinski definition) is 4. The summed E-state index contributed by atoms with van der Waals surface area (Å²) in [5.74, 6) is -0.648. The average Bonchev–Trinajstić information content (AvgIpc) is 2.86. The molecule has 6 nitrogen and oxygen atoms in total. The fourth-order valence-electron chi connectivity index (χ4n) is 4.95. The Kier molecular flexibility index (Phi) is 6.46. The first-order valence-corrected chi connectivity index (χ1v) is 11.9. The third-order valence-corrected chi connectivity index (χ3v) is 6.90. The molecule has 0 aliphatic heterocycles. The lowest BCUT2D eigenvalue weighted by atomic mass is 9.85. The van der Waals surface area contributed by atoms with E-state index in [-0.39, 0.29) is 34.4 Å². The van der Waals surface area contributed by atoms with Gasteiger partial charge in [0.05, 0.1) is 11.4 Å². The van der Waals surface area contributed by atoms with Crippen LogP contribution in [0.3, 0.4) is 0 Å². The van der Waals surface area contributed by atoms with E-state index in [9.17, 15) is 19.8 Å². The maximum Gasteiger partial charge on any atom is 0.194 e. The molecule has 184 valence electrons. The predicted molar refractivity (Wildman–Crippen MR) is 144 cm³/mol. The van der Waals surface area contributed by atoms with E-state index >= 15 is 0 Å². The van der Waals surface area contributed by atoms with Crippen LogP contribution in [-0.4, -0.2) is 21.8 Å². The second-order valence-electron chi connectivity index (χ2n) is 9.03. The summed E-state index contributed by atoms with van der Waals surface area (Å²) < 4.78 is 0. The van der Waals surface area contributed by atoms with Crippen LogP contribution in [0.1, 0.15) is 67.9 Å². The Labute approximate surface area is 210 Å². The molecule has 0 saturated heterocycles. The highest BCUT2D eigenvalue weighted by Crippen LogP contribution is 2.36. The summed E-state index contributed by atoms with van der Waals surface area (Å²) in [5, 5.41) is 22.2. The third kappa shape index (κ3) is 3.85. The van der Waals surface area contributed by atoms with E-state index < -0.39 is 0 Å². The van der Waals surface area contributed by atoms with Gasteiger partial charge in [-0.15, -0.1) is 0 Å². The minimum absolute atomic E-state index is 0.0804. The smallest absolute Gasteiger partial charge is 0.194 e. The number of phenolic OH excluding ortho intramolecular Hbond substituents is 2. The number of hydrogen-bond acceptors (Lipinski definition) is 6. The van der Waals surface area contributed by atoms with Crippen LogP contribution < -0.4 is 11.5 Å². The van der Waals surface area contributed by atoms with Gasteiger partial charge in [-0.1, -0.05) is 38.1 Å². The number of aromatic hydroxyl groups is 2. The van der Waals surface area contributed by atoms with Crippen molar-refractivity contribution in [2.45, 2.75) is 40.5 Å². The molecule has 4 rings (SSSR count). The number of benzene rings is 4. The van der Waals surface area contributed by atoms with Crippen molar-refractivity contribution in [2.75, 3.05) is 11.5 Å². The lowest BCUT2D eigenvalue weighted by Crippen LogP contribution is -2.12. The molecule has 0 aliphatic carbocycles. The van der Waals surface area contributed by atoms with Crippen molar-refractivity contribution >= 4 is 33.7 Å². The van der Waals surface area contributed by atoms with E-state index in [4.69, 9.17) is 11.5 Å². The number of fused-ring (bicyclic) bond motifs is 1. The molecule has 0 aliphatic rings. The maximum atomic E-state index is 13.9. The highest BCUT2D eigenvalue weighted by molar-refractivity contribution is 6.23. The fourth-order valence-corrected chi connectivity index (χ4v) is 4.95. The maximum absolute atomic E-state index is 13.9. The van der Waals surface area contributed by atoms with E-state index in [1.165, 1.54) is 12.1 Å². The van der Waals surface area contributed by atoms with Gasteiger partial charge in [0.1, 0.15) is 11.5 Å². The summed E-state index contributed by atoms with van der Waals surface area (Å²) in [6.07, 6.45) is 0.871. The Hall–Kier alpha value is -4.32. The number of carbonyl (C=O) groups excluding carboxylic acids is 2. The number of rotatable bonds is 6. The zero-order valence-corrected chi connectivity index (χ0v) is 20.9. The van der Waals surface area contributed by atoms with Gasteiger partial charge in [-0.05, 0) is 72.9 Å². The molecule has 0 amide bonds. The molecule has 0 bridgehead atoms. The van der Waals surface area contributed by atoms with Gasteiger partial charge in [0, 0.05) is 33.4 Å². The number of nitrogen functional groups attached to an aromatic ring is 2. The first kappa shape index (κ1) is 24.8. The standard InChI is InChI=1S/C30H30N2O4/c1-5-17-21(11-13-23(31)27(17)33)29(35)25-15(3)7-10-20-19(25)9-8-16(4)26(20)30(36)22-12-14-24(32)28(34)18(22)6-2/h7-14,33-34H,5-6,31-32H2,1-4H3. The molecule has 0 heterocycles. The molecule has 0 fully saturated rings. The number of aryl methyl sites for hydroxylation is 2. The Morgan fingerprint density at radius 3 is 1.33 bits per heavy atom. The molecular formula is C30H30N2O4. The topological polar surface area (TPSA) is 127 Å². The van der Waals surface area contributed by atoms with Gasteiger partial charge >= 0.3 is 0 Å². The number of carbonyl (C=O) groups is 2. The average molecular weight is 483 g/mol. The van der Waals surface area contributed by atoms with E-state index in [0.29, 0.717) is 57.0 Å². The fraction of sp³-hybridized carbons (Fsp3) is 0.200. The van der Waals surface area contributed by atoms with Crippen molar-refractivity contribution in [3.8, 4) is 11.5 Å². The normalized spacial score (nSPS) is 11.1. The quantitative estimate of drug-likeness (QED) is 0.160. The molecule has 6 N–H and O–H groups in total. The van der Waals surface area contributed by atoms with Crippen LogP contribution in [-0.2, 0) is 12.8 Å². The van der Waals surface area contributed by atoms with Crippen LogP contribution in [0.5, 0.6) is 11.5 Å². The molecule has 0 radical (unpaired) electrons. The van der Waals surface area contributed by atoms with Gasteiger partial charge in [0.2, 0.25) is 0 Å². The molecular weight excluding hydrogens is 452 g/mol. The highest BCUT2D eigenvalue weighted by Gasteiger charge is 2.25. The Balaban J connectivity index is 1.98. The number of anilines is 2. The summed E-state index contributed by atoms with van der Waals surface area (Å²) in [5.41, 5.74) is 16.4. The summed E-state index contributed by atoms with van der Waals surface area (Å²) >= 11 is 0. The van der Waals surface area contributed by atoms with Crippen LogP contribution in [0.4, 0.5) is 11.4 Å². The second kappa shape index (κ2) is 9.38. The molecule has 0 aromatic heterocycles. The van der Waals surface area contributed by atoms with Gasteiger partial charge in [-0.3, -0.25) is 9.59 Å². The molecule has 0 atom stereocenters. The Morgan fingerprint density at radius 2 is 1.00 bits per heavy atom. The minimum atomic E-state index is -0.244. The highest BCUT2D eigenvalue weighted by atomic mass is 16.3. The number of phenols is 2. The van der Waals surface area contributed by atoms with Crippen LogP contribution in [0.2, 0.25) is 0 Å². The van der Waals surface area contributed by atoms with Crippen molar-refractivity contribution in [1.29, 1.82) is 0 Å². The lowest BCUT2D eigenvalue weighted by molar-refractivity contribution is 0.102. The zero-order chi connectivity index (χ0) is 26.3. The monoisotopic (exact) mass is 482 g/mol. The lowest BCUT2D eigenvalue weighted by Gasteiger charge is -2.17. The van der Waals surface area contributed by atoms with E-state index in [2.05, 4.69) is 0 Å². The predicted octanol–water partition coefficient (Wildman–Crippen LogP) is 5.62. The largest absolute Gasteiger partial charge is 0.505 e. The van der Waals surface area contributed by atoms with E-state index in [1.807, 2.05) is 52.0 Å². The van der Waals surface area contributed by atoms with Crippen molar-refractivity contribution in [2.24, 2.45) is 0 Å². The summed E-state index contributed by atoms with van der Waals surface area (Å²) in [4.78, 5) is 27.7. The summed E-state index contributed by atoms with van der Waals surface area (Å²) in [6, 6.07) is 13.7. The Morgan fingerprint density at radius 1 is 0.639 bits per heavy atom. The van der Waals surface area contributed by atoms with Crippen molar-refractivity contribution in [3.63, 3.8) is 0 Å². The Bertz CT molecular complexity index is 1440. The van der Waals surface area contributed by atoms with Gasteiger partial charge in [0.15, 0.2) is 11.6 Å². The SMILES string of the molecule is CCc1c(C(=O)c2c(C)ccc3c(C(=O)c4ccc(N)c(O)c4CC)c(C)ccc23)ccc(N)c1O. The number of ketones is 2. The molecule has 0 spiro atoms. The molecule has 4 aromatic rings. The second-order valence-corrected chi connectivity index (χ2v) is 9.03. The van der Waals surface area contributed by atoms with Gasteiger partial charge < -0.3 is 21.7 Å². The zero-order valence-electron chi connectivity index (χ0n) is 20.9.